The van der Waals surface area contributed by atoms with Gasteiger partial charge in [-0.25, -0.2) is 0 Å². The smallest absolute Gasteiger partial charge is 0.251 e. The van der Waals surface area contributed by atoms with Crippen molar-refractivity contribution >= 4 is 16.7 Å². The first kappa shape index (κ1) is 12.9. The number of fused-ring (bicyclic) bond motifs is 4. The highest BCUT2D eigenvalue weighted by Crippen LogP contribution is 2.32. The fourth-order valence-electron chi connectivity index (χ4n) is 3.97. The summed E-state index contributed by atoms with van der Waals surface area (Å²) in [4.78, 5) is 18.1. The van der Waals surface area contributed by atoms with Gasteiger partial charge in [0.2, 0.25) is 0 Å². The van der Waals surface area contributed by atoms with Crippen LogP contribution in [0.25, 0.3) is 10.8 Å². The van der Waals surface area contributed by atoms with Gasteiger partial charge in [-0.1, -0.05) is 6.07 Å². The molecular formula is C17H21N3O. The topological polar surface area (TPSA) is 48.1 Å². The number of carbonyl (C=O) groups excluding carboxylic acids is 1. The molecule has 0 saturated carbocycles. The molecule has 0 unspecified atom stereocenters. The normalized spacial score (nSPS) is 31.5. The van der Waals surface area contributed by atoms with Crippen LogP contribution in [-0.4, -0.2) is 41.0 Å². The molecule has 2 bridgehead atoms. The minimum absolute atomic E-state index is 0.0590. The summed E-state index contributed by atoms with van der Waals surface area (Å²) in [5, 5.41) is 5.51. The predicted octanol–water partition coefficient (Wildman–Crippen LogP) is 2.38. The van der Waals surface area contributed by atoms with Crippen LogP contribution < -0.4 is 5.32 Å². The molecule has 0 aliphatic carbocycles. The lowest BCUT2D eigenvalue weighted by molar-refractivity contribution is 0.0217. The van der Waals surface area contributed by atoms with Crippen molar-refractivity contribution in [2.24, 2.45) is 5.92 Å². The number of aromatic amines is 1. The molecular weight excluding hydrogens is 262 g/mol. The minimum Gasteiger partial charge on any atom is -0.366 e. The first-order chi connectivity index (χ1) is 10.2. The summed E-state index contributed by atoms with van der Waals surface area (Å²) < 4.78 is 0. The molecule has 4 nitrogen and oxygen atoms in total. The predicted molar refractivity (Wildman–Crippen MR) is 83.3 cm³/mol. The van der Waals surface area contributed by atoms with Crippen LogP contribution in [-0.2, 0) is 0 Å². The van der Waals surface area contributed by atoms with Crippen LogP contribution in [0.2, 0.25) is 0 Å². The summed E-state index contributed by atoms with van der Waals surface area (Å²) in [5.41, 5.74) is 0.755. The third-order valence-electron chi connectivity index (χ3n) is 5.30. The highest BCUT2D eigenvalue weighted by atomic mass is 16.1. The van der Waals surface area contributed by atoms with E-state index in [-0.39, 0.29) is 5.91 Å². The first-order valence-corrected chi connectivity index (χ1v) is 7.84. The van der Waals surface area contributed by atoms with E-state index in [9.17, 15) is 4.79 Å². The summed E-state index contributed by atoms with van der Waals surface area (Å²) in [6.07, 6.45) is 6.31. The van der Waals surface area contributed by atoms with E-state index < -0.39 is 0 Å². The third kappa shape index (κ3) is 2.14. The van der Waals surface area contributed by atoms with E-state index in [1.54, 1.807) is 0 Å². The number of hydrogen-bond donors (Lipinski definition) is 2. The van der Waals surface area contributed by atoms with Crippen LogP contribution >= 0.6 is 0 Å². The van der Waals surface area contributed by atoms with Gasteiger partial charge in [-0.3, -0.25) is 9.69 Å². The average molecular weight is 283 g/mol. The molecule has 1 aromatic heterocycles. The van der Waals surface area contributed by atoms with Crippen molar-refractivity contribution in [3.8, 4) is 0 Å². The van der Waals surface area contributed by atoms with Crippen molar-refractivity contribution in [2.75, 3.05) is 13.1 Å². The number of nitrogens with one attached hydrogen (secondary N) is 2. The fourth-order valence-corrected chi connectivity index (χ4v) is 3.97. The molecule has 3 aliphatic rings. The maximum atomic E-state index is 12.6. The first-order valence-electron chi connectivity index (χ1n) is 7.84. The van der Waals surface area contributed by atoms with Gasteiger partial charge < -0.3 is 10.3 Å². The number of aromatic nitrogens is 1. The van der Waals surface area contributed by atoms with Gasteiger partial charge in [-0.15, -0.1) is 0 Å². The van der Waals surface area contributed by atoms with Gasteiger partial charge in [-0.2, -0.15) is 0 Å². The zero-order chi connectivity index (χ0) is 14.4. The lowest BCUT2D eigenvalue weighted by atomic mass is 9.79. The Balaban J connectivity index is 1.54. The molecule has 3 fully saturated rings. The molecule has 0 radical (unpaired) electrons. The van der Waals surface area contributed by atoms with E-state index in [1.165, 1.54) is 25.9 Å². The molecule has 0 spiro atoms. The van der Waals surface area contributed by atoms with Crippen LogP contribution in [0.5, 0.6) is 0 Å². The van der Waals surface area contributed by atoms with Gasteiger partial charge in [-0.05, 0) is 61.7 Å². The zero-order valence-corrected chi connectivity index (χ0v) is 12.3. The summed E-state index contributed by atoms with van der Waals surface area (Å²) in [6.45, 7) is 4.62. The molecule has 5 rings (SSSR count). The molecule has 2 atom stereocenters. The molecule has 2 N–H and O–H groups in total. The van der Waals surface area contributed by atoms with Crippen LogP contribution in [0.3, 0.4) is 0 Å². The van der Waals surface area contributed by atoms with E-state index in [0.29, 0.717) is 18.0 Å². The second kappa shape index (κ2) is 4.88. The number of nitrogens with zero attached hydrogens (tertiary/aromatic N) is 1. The van der Waals surface area contributed by atoms with E-state index in [2.05, 4.69) is 22.1 Å². The van der Waals surface area contributed by atoms with Crippen LogP contribution in [0.15, 0.2) is 30.6 Å². The van der Waals surface area contributed by atoms with Crippen LogP contribution in [0, 0.1) is 5.92 Å². The number of hydrogen-bond acceptors (Lipinski definition) is 2. The molecule has 2 aromatic rings. The van der Waals surface area contributed by atoms with Crippen molar-refractivity contribution < 1.29 is 4.79 Å². The maximum Gasteiger partial charge on any atom is 0.251 e. The lowest BCUT2D eigenvalue weighted by Crippen LogP contribution is -2.62. The number of amides is 1. The molecule has 1 amide bonds. The Morgan fingerprint density at radius 2 is 2.00 bits per heavy atom. The quantitative estimate of drug-likeness (QED) is 0.889. The molecule has 110 valence electrons. The van der Waals surface area contributed by atoms with E-state index in [1.807, 2.05) is 30.6 Å². The summed E-state index contributed by atoms with van der Waals surface area (Å²) >= 11 is 0. The molecule has 1 aromatic carbocycles. The standard InChI is InChI=1S/C17H21N3O/c1-11-16(12-4-6-20(11)7-5-12)19-17(21)13-2-3-14-9-18-10-15(14)8-13/h2-3,8-12,16,18H,4-7H2,1H3,(H,19,21)/t11-,16-/m0/s1. The van der Waals surface area contributed by atoms with Crippen LogP contribution in [0.1, 0.15) is 30.1 Å². The SMILES string of the molecule is C[C@H]1[C@H](NC(=O)c2ccc3c[nH]cc3c2)C2CCN1CC2. The summed E-state index contributed by atoms with van der Waals surface area (Å²) in [5.74, 6) is 0.702. The number of carbonyl (C=O) groups is 1. The summed E-state index contributed by atoms with van der Waals surface area (Å²) in [6, 6.07) is 6.63. The van der Waals surface area contributed by atoms with Crippen molar-refractivity contribution in [3.63, 3.8) is 0 Å². The zero-order valence-electron chi connectivity index (χ0n) is 12.3. The largest absolute Gasteiger partial charge is 0.366 e. The average Bonchev–Trinajstić information content (AvgIpc) is 2.98. The van der Waals surface area contributed by atoms with Crippen LogP contribution in [0.4, 0.5) is 0 Å². The van der Waals surface area contributed by atoms with Gasteiger partial charge in [0.05, 0.1) is 0 Å². The van der Waals surface area contributed by atoms with Gasteiger partial charge in [0.1, 0.15) is 0 Å². The number of piperidine rings is 3. The highest BCUT2D eigenvalue weighted by Gasteiger charge is 2.40. The van der Waals surface area contributed by atoms with E-state index in [4.69, 9.17) is 0 Å². The Bertz CT molecular complexity index is 667. The molecule has 4 heteroatoms. The van der Waals surface area contributed by atoms with E-state index >= 15 is 0 Å². The van der Waals surface area contributed by atoms with Gasteiger partial charge in [0, 0.05) is 30.0 Å². The summed E-state index contributed by atoms with van der Waals surface area (Å²) in [7, 11) is 0. The van der Waals surface area contributed by atoms with Gasteiger partial charge in [0.25, 0.3) is 5.91 Å². The van der Waals surface area contributed by atoms with Crippen molar-refractivity contribution in [3.05, 3.63) is 36.2 Å². The molecule has 21 heavy (non-hydrogen) atoms. The molecule has 4 heterocycles. The second-order valence-electron chi connectivity index (χ2n) is 6.41. The Morgan fingerprint density at radius 3 is 2.76 bits per heavy atom. The van der Waals surface area contributed by atoms with Crippen molar-refractivity contribution in [2.45, 2.75) is 31.8 Å². The molecule has 3 saturated heterocycles. The fraction of sp³-hybridized carbons (Fsp3) is 0.471. The Hall–Kier alpha value is -1.81. The van der Waals surface area contributed by atoms with Gasteiger partial charge in [0.15, 0.2) is 0 Å². The maximum absolute atomic E-state index is 12.6. The third-order valence-corrected chi connectivity index (χ3v) is 5.30. The highest BCUT2D eigenvalue weighted by molar-refractivity contribution is 5.98. The number of H-pyrrole nitrogens is 1. The monoisotopic (exact) mass is 283 g/mol. The number of rotatable bonds is 2. The lowest BCUT2D eigenvalue weighted by Gasteiger charge is -2.49. The van der Waals surface area contributed by atoms with E-state index in [0.717, 1.165) is 16.3 Å². The second-order valence-corrected chi connectivity index (χ2v) is 6.41. The Morgan fingerprint density at radius 1 is 1.24 bits per heavy atom. The Labute approximate surface area is 124 Å². The Kier molecular flexibility index (Phi) is 3.00. The van der Waals surface area contributed by atoms with Gasteiger partial charge >= 0.3 is 0 Å². The molecule has 3 aliphatic heterocycles. The minimum atomic E-state index is 0.0590. The van der Waals surface area contributed by atoms with Crippen molar-refractivity contribution in [1.29, 1.82) is 0 Å². The van der Waals surface area contributed by atoms with Crippen molar-refractivity contribution in [1.82, 2.24) is 15.2 Å². The number of benzene rings is 1.